The molecule has 0 radical (unpaired) electrons. The zero-order valence-corrected chi connectivity index (χ0v) is 13.2. The number of aryl methyl sites for hydroxylation is 1. The number of nitrogens with one attached hydrogen (secondary N) is 1. The lowest BCUT2D eigenvalue weighted by atomic mass is 10.1. The van der Waals surface area contributed by atoms with Gasteiger partial charge in [-0.05, 0) is 50.8 Å². The molecule has 1 aromatic carbocycles. The molecule has 21 heavy (non-hydrogen) atoms. The summed E-state index contributed by atoms with van der Waals surface area (Å²) in [6.45, 7) is 5.31. The quantitative estimate of drug-likeness (QED) is 0.746. The molecule has 1 N–H and O–H groups in total. The van der Waals surface area contributed by atoms with Crippen molar-refractivity contribution in [1.82, 2.24) is 10.2 Å². The Morgan fingerprint density at radius 3 is 2.86 bits per heavy atom. The highest BCUT2D eigenvalue weighted by Gasteiger charge is 2.22. The molecule has 0 aliphatic carbocycles. The first-order valence-electron chi connectivity index (χ1n) is 8.34. The molecule has 0 spiro atoms. The minimum Gasteiger partial charge on any atom is -0.355 e. The Balaban J connectivity index is 1.55. The Labute approximate surface area is 128 Å². The van der Waals surface area contributed by atoms with Gasteiger partial charge in [-0.1, -0.05) is 37.3 Å². The van der Waals surface area contributed by atoms with Crippen molar-refractivity contribution >= 4 is 5.91 Å². The number of likely N-dealkylation sites (tertiary alicyclic amines) is 1. The lowest BCUT2D eigenvalue weighted by molar-refractivity contribution is -0.121. The van der Waals surface area contributed by atoms with E-state index in [0.717, 1.165) is 32.4 Å². The third-order valence-electron chi connectivity index (χ3n) is 4.40. The average molecular weight is 288 g/mol. The van der Waals surface area contributed by atoms with Gasteiger partial charge in [-0.2, -0.15) is 0 Å². The number of carbonyl (C=O) groups is 1. The van der Waals surface area contributed by atoms with E-state index in [0.29, 0.717) is 12.5 Å². The zero-order valence-electron chi connectivity index (χ0n) is 13.2. The molecule has 1 aliphatic rings. The second kappa shape index (κ2) is 8.83. The normalized spacial score (nSPS) is 18.8. The number of amides is 1. The molecule has 1 amide bonds. The second-order valence-corrected chi connectivity index (χ2v) is 5.92. The van der Waals surface area contributed by atoms with E-state index in [9.17, 15) is 4.79 Å². The zero-order chi connectivity index (χ0) is 14.9. The summed E-state index contributed by atoms with van der Waals surface area (Å²) in [4.78, 5) is 14.3. The van der Waals surface area contributed by atoms with Crippen molar-refractivity contribution in [1.29, 1.82) is 0 Å². The molecule has 1 saturated heterocycles. The topological polar surface area (TPSA) is 32.3 Å². The van der Waals surface area contributed by atoms with Crippen molar-refractivity contribution in [2.75, 3.05) is 19.6 Å². The molecule has 1 aromatic rings. The highest BCUT2D eigenvalue weighted by atomic mass is 16.1. The molecule has 3 nitrogen and oxygen atoms in total. The van der Waals surface area contributed by atoms with Crippen LogP contribution in [0.2, 0.25) is 0 Å². The molecular formula is C18H28N2O. The van der Waals surface area contributed by atoms with E-state index in [-0.39, 0.29) is 5.91 Å². The van der Waals surface area contributed by atoms with Gasteiger partial charge in [0.15, 0.2) is 0 Å². The molecule has 1 unspecified atom stereocenters. The fourth-order valence-electron chi connectivity index (χ4n) is 3.12. The molecule has 1 atom stereocenters. The number of hydrogen-bond donors (Lipinski definition) is 1. The lowest BCUT2D eigenvalue weighted by Crippen LogP contribution is -2.39. The molecular weight excluding hydrogens is 260 g/mol. The Morgan fingerprint density at radius 1 is 1.29 bits per heavy atom. The van der Waals surface area contributed by atoms with Gasteiger partial charge in [-0.15, -0.1) is 0 Å². The molecule has 116 valence electrons. The van der Waals surface area contributed by atoms with Crippen molar-refractivity contribution in [2.45, 2.75) is 51.5 Å². The van der Waals surface area contributed by atoms with E-state index in [1.807, 2.05) is 6.07 Å². The van der Waals surface area contributed by atoms with Crippen LogP contribution in [0.3, 0.4) is 0 Å². The van der Waals surface area contributed by atoms with Crippen LogP contribution in [-0.4, -0.2) is 36.5 Å². The molecule has 0 bridgehead atoms. The van der Waals surface area contributed by atoms with Gasteiger partial charge in [0.2, 0.25) is 5.91 Å². The fraction of sp³-hybridized carbons (Fsp3) is 0.611. The predicted octanol–water partition coefficient (Wildman–Crippen LogP) is 3.00. The van der Waals surface area contributed by atoms with Crippen LogP contribution in [0.25, 0.3) is 0 Å². The molecule has 3 heteroatoms. The van der Waals surface area contributed by atoms with Crippen LogP contribution in [0.1, 0.15) is 44.6 Å². The minimum atomic E-state index is 0.214. The Bertz CT molecular complexity index is 418. The maximum Gasteiger partial charge on any atom is 0.220 e. The first kappa shape index (κ1) is 16.0. The van der Waals surface area contributed by atoms with E-state index in [1.54, 1.807) is 0 Å². The van der Waals surface area contributed by atoms with Gasteiger partial charge in [-0.3, -0.25) is 9.69 Å². The maximum atomic E-state index is 11.9. The van der Waals surface area contributed by atoms with Gasteiger partial charge < -0.3 is 5.32 Å². The van der Waals surface area contributed by atoms with Crippen molar-refractivity contribution in [3.05, 3.63) is 35.9 Å². The van der Waals surface area contributed by atoms with Crippen LogP contribution >= 0.6 is 0 Å². The van der Waals surface area contributed by atoms with E-state index in [1.165, 1.54) is 24.9 Å². The van der Waals surface area contributed by atoms with Crippen LogP contribution in [0.5, 0.6) is 0 Å². The smallest absolute Gasteiger partial charge is 0.220 e. The Morgan fingerprint density at radius 2 is 2.10 bits per heavy atom. The molecule has 1 aliphatic heterocycles. The van der Waals surface area contributed by atoms with Crippen LogP contribution in [-0.2, 0) is 11.2 Å². The highest BCUT2D eigenvalue weighted by molar-refractivity contribution is 5.75. The number of likely N-dealkylation sites (N-methyl/N-ethyl adjacent to an activating group) is 1. The summed E-state index contributed by atoms with van der Waals surface area (Å²) >= 11 is 0. The van der Waals surface area contributed by atoms with E-state index in [4.69, 9.17) is 0 Å². The standard InChI is InChI=1S/C18H28N2O/c1-2-20-14-8-12-17(20)15-19-18(21)13-7-6-11-16-9-4-3-5-10-16/h3-5,9-10,17H,2,6-8,11-15H2,1H3,(H,19,21). The van der Waals surface area contributed by atoms with Crippen molar-refractivity contribution < 1.29 is 4.79 Å². The third kappa shape index (κ3) is 5.50. The van der Waals surface area contributed by atoms with E-state index < -0.39 is 0 Å². The summed E-state index contributed by atoms with van der Waals surface area (Å²) in [6, 6.07) is 11.0. The van der Waals surface area contributed by atoms with Crippen LogP contribution < -0.4 is 5.32 Å². The predicted molar refractivity (Wildman–Crippen MR) is 87.3 cm³/mol. The first-order valence-corrected chi connectivity index (χ1v) is 8.34. The number of carbonyl (C=O) groups excluding carboxylic acids is 1. The minimum absolute atomic E-state index is 0.214. The van der Waals surface area contributed by atoms with Gasteiger partial charge >= 0.3 is 0 Å². The average Bonchev–Trinajstić information content (AvgIpc) is 2.98. The fourth-order valence-corrected chi connectivity index (χ4v) is 3.12. The van der Waals surface area contributed by atoms with Crippen LogP contribution in [0.4, 0.5) is 0 Å². The van der Waals surface area contributed by atoms with Gasteiger partial charge in [0.1, 0.15) is 0 Å². The van der Waals surface area contributed by atoms with Crippen molar-refractivity contribution in [3.8, 4) is 0 Å². The summed E-state index contributed by atoms with van der Waals surface area (Å²) in [5.41, 5.74) is 1.36. The number of nitrogens with zero attached hydrogens (tertiary/aromatic N) is 1. The monoisotopic (exact) mass is 288 g/mol. The summed E-state index contributed by atoms with van der Waals surface area (Å²) in [5, 5.41) is 3.11. The number of unbranched alkanes of at least 4 members (excludes halogenated alkanes) is 1. The van der Waals surface area contributed by atoms with Crippen molar-refractivity contribution in [3.63, 3.8) is 0 Å². The summed E-state index contributed by atoms with van der Waals surface area (Å²) in [5.74, 6) is 0.214. The number of benzene rings is 1. The van der Waals surface area contributed by atoms with E-state index >= 15 is 0 Å². The Hall–Kier alpha value is -1.35. The highest BCUT2D eigenvalue weighted by Crippen LogP contribution is 2.15. The molecule has 1 fully saturated rings. The van der Waals surface area contributed by atoms with Gasteiger partial charge in [-0.25, -0.2) is 0 Å². The summed E-state index contributed by atoms with van der Waals surface area (Å²) < 4.78 is 0. The largest absolute Gasteiger partial charge is 0.355 e. The van der Waals surface area contributed by atoms with Gasteiger partial charge in [0.25, 0.3) is 0 Å². The summed E-state index contributed by atoms with van der Waals surface area (Å²) in [7, 11) is 0. The summed E-state index contributed by atoms with van der Waals surface area (Å²) in [6.07, 6.45) is 6.28. The second-order valence-electron chi connectivity index (χ2n) is 5.92. The Kier molecular flexibility index (Phi) is 6.74. The SMILES string of the molecule is CCN1CCCC1CNC(=O)CCCCc1ccccc1. The first-order chi connectivity index (χ1) is 10.3. The van der Waals surface area contributed by atoms with Crippen LogP contribution in [0, 0.1) is 0 Å². The molecule has 0 saturated carbocycles. The van der Waals surface area contributed by atoms with Crippen molar-refractivity contribution in [2.24, 2.45) is 0 Å². The van der Waals surface area contributed by atoms with Gasteiger partial charge in [0, 0.05) is 19.0 Å². The number of rotatable bonds is 8. The van der Waals surface area contributed by atoms with Gasteiger partial charge in [0.05, 0.1) is 0 Å². The van der Waals surface area contributed by atoms with Crippen LogP contribution in [0.15, 0.2) is 30.3 Å². The molecule has 2 rings (SSSR count). The maximum absolute atomic E-state index is 11.9. The third-order valence-corrected chi connectivity index (χ3v) is 4.40. The number of hydrogen-bond acceptors (Lipinski definition) is 2. The lowest BCUT2D eigenvalue weighted by Gasteiger charge is -2.22. The van der Waals surface area contributed by atoms with E-state index in [2.05, 4.69) is 41.4 Å². The molecule has 1 heterocycles. The molecule has 0 aromatic heterocycles.